The van der Waals surface area contributed by atoms with Gasteiger partial charge in [-0.25, -0.2) is 9.78 Å². The Kier molecular flexibility index (Phi) is 6.54. The summed E-state index contributed by atoms with van der Waals surface area (Å²) in [6.45, 7) is 1.33. The number of thiazole rings is 1. The summed E-state index contributed by atoms with van der Waals surface area (Å²) in [5, 5.41) is 19.4. The molecule has 9 heteroatoms. The number of aromatic nitrogens is 1. The molecule has 1 aliphatic heterocycles. The van der Waals surface area contributed by atoms with Crippen molar-refractivity contribution >= 4 is 40.7 Å². The maximum absolute atomic E-state index is 12.3. The zero-order valence-corrected chi connectivity index (χ0v) is 17.0. The first-order valence-electron chi connectivity index (χ1n) is 8.80. The van der Waals surface area contributed by atoms with Crippen LogP contribution in [0.4, 0.5) is 5.69 Å². The number of nitriles is 1. The molecule has 1 amide bonds. The van der Waals surface area contributed by atoms with E-state index in [1.165, 1.54) is 28.5 Å². The number of rotatable bonds is 8. The van der Waals surface area contributed by atoms with Crippen molar-refractivity contribution in [2.75, 3.05) is 30.8 Å². The van der Waals surface area contributed by atoms with Gasteiger partial charge in [-0.1, -0.05) is 11.8 Å². The van der Waals surface area contributed by atoms with Crippen molar-refractivity contribution in [1.29, 1.82) is 5.26 Å². The maximum atomic E-state index is 12.3. The summed E-state index contributed by atoms with van der Waals surface area (Å²) in [6.07, 6.45) is 1.38. The van der Waals surface area contributed by atoms with Gasteiger partial charge >= 0.3 is 5.97 Å². The van der Waals surface area contributed by atoms with Crippen molar-refractivity contribution in [3.8, 4) is 6.07 Å². The zero-order chi connectivity index (χ0) is 20.1. The number of aromatic carboxylic acids is 1. The highest BCUT2D eigenvalue weighted by atomic mass is 32.2. The van der Waals surface area contributed by atoms with Gasteiger partial charge in [0.25, 0.3) is 0 Å². The SMILES string of the molecule is CN(C[C@H]1CCC(=O)N1CCSc1nc(C(=O)O)cs1)c1ccc(C#N)cc1. The lowest BCUT2D eigenvalue weighted by Gasteiger charge is -2.30. The molecule has 2 aromatic rings. The second-order valence-corrected chi connectivity index (χ2v) is 8.67. The van der Waals surface area contributed by atoms with Crippen LogP contribution in [0.25, 0.3) is 0 Å². The molecule has 0 aliphatic carbocycles. The molecule has 1 fully saturated rings. The number of anilines is 1. The summed E-state index contributed by atoms with van der Waals surface area (Å²) in [4.78, 5) is 31.3. The van der Waals surface area contributed by atoms with Gasteiger partial charge in [0.2, 0.25) is 5.91 Å². The van der Waals surface area contributed by atoms with E-state index >= 15 is 0 Å². The molecule has 1 aromatic carbocycles. The first kappa shape index (κ1) is 20.2. The minimum atomic E-state index is -1.02. The number of nitrogens with zero attached hydrogens (tertiary/aromatic N) is 4. The average Bonchev–Trinajstić information content (AvgIpc) is 3.30. The highest BCUT2D eigenvalue weighted by molar-refractivity contribution is 8.01. The molecule has 0 saturated carbocycles. The lowest BCUT2D eigenvalue weighted by Crippen LogP contribution is -2.41. The number of carbonyl (C=O) groups is 2. The Labute approximate surface area is 171 Å². The van der Waals surface area contributed by atoms with Gasteiger partial charge in [-0.15, -0.1) is 11.3 Å². The van der Waals surface area contributed by atoms with Gasteiger partial charge in [0.05, 0.1) is 11.6 Å². The van der Waals surface area contributed by atoms with E-state index in [1.54, 1.807) is 12.1 Å². The molecule has 1 saturated heterocycles. The van der Waals surface area contributed by atoms with E-state index in [0.717, 1.165) is 18.7 Å². The van der Waals surface area contributed by atoms with E-state index in [9.17, 15) is 9.59 Å². The van der Waals surface area contributed by atoms with Crippen LogP contribution in [0.5, 0.6) is 0 Å². The zero-order valence-electron chi connectivity index (χ0n) is 15.4. The number of carboxylic acids is 1. The molecule has 1 N–H and O–H groups in total. The van der Waals surface area contributed by atoms with Crippen LogP contribution in [-0.2, 0) is 4.79 Å². The molecule has 2 heterocycles. The minimum absolute atomic E-state index is 0.0617. The van der Waals surface area contributed by atoms with Crippen LogP contribution in [0.1, 0.15) is 28.9 Å². The van der Waals surface area contributed by atoms with Gasteiger partial charge in [-0.05, 0) is 30.7 Å². The van der Waals surface area contributed by atoms with Crippen molar-refractivity contribution in [2.45, 2.75) is 23.2 Å². The average molecular weight is 417 g/mol. The van der Waals surface area contributed by atoms with Crippen molar-refractivity contribution < 1.29 is 14.7 Å². The molecule has 3 rings (SSSR count). The standard InChI is InChI=1S/C19H20N4O3S2/c1-22(14-4-2-13(10-20)3-5-14)11-15-6-7-17(24)23(15)8-9-27-19-21-16(12-28-19)18(25)26/h2-5,12,15H,6-9,11H2,1H3,(H,25,26)/t15-/m1/s1. The minimum Gasteiger partial charge on any atom is -0.476 e. The molecule has 28 heavy (non-hydrogen) atoms. The first-order valence-corrected chi connectivity index (χ1v) is 10.7. The van der Waals surface area contributed by atoms with Crippen molar-refractivity contribution in [2.24, 2.45) is 0 Å². The van der Waals surface area contributed by atoms with E-state index in [4.69, 9.17) is 10.4 Å². The Balaban J connectivity index is 1.54. The van der Waals surface area contributed by atoms with Gasteiger partial charge in [-0.2, -0.15) is 5.26 Å². The second-order valence-electron chi connectivity index (χ2n) is 6.47. The number of amides is 1. The fourth-order valence-corrected chi connectivity index (χ4v) is 4.96. The number of likely N-dealkylation sites (tertiary alicyclic amines) is 1. The van der Waals surface area contributed by atoms with E-state index in [-0.39, 0.29) is 17.6 Å². The van der Waals surface area contributed by atoms with Crippen LogP contribution in [-0.4, -0.2) is 58.8 Å². The summed E-state index contributed by atoms with van der Waals surface area (Å²) in [5.74, 6) is -0.192. The molecule has 0 spiro atoms. The van der Waals surface area contributed by atoms with E-state index in [1.807, 2.05) is 24.1 Å². The molecule has 0 radical (unpaired) electrons. The van der Waals surface area contributed by atoms with Gasteiger partial charge in [-0.3, -0.25) is 4.79 Å². The monoisotopic (exact) mass is 416 g/mol. The Morgan fingerprint density at radius 2 is 2.21 bits per heavy atom. The molecule has 0 unspecified atom stereocenters. The molecule has 1 aromatic heterocycles. The molecular weight excluding hydrogens is 396 g/mol. The lowest BCUT2D eigenvalue weighted by atomic mass is 10.1. The highest BCUT2D eigenvalue weighted by Crippen LogP contribution is 2.26. The van der Waals surface area contributed by atoms with Gasteiger partial charge in [0.15, 0.2) is 10.0 Å². The van der Waals surface area contributed by atoms with Crippen LogP contribution in [0.3, 0.4) is 0 Å². The van der Waals surface area contributed by atoms with E-state index in [2.05, 4.69) is 16.0 Å². The van der Waals surface area contributed by atoms with Gasteiger partial charge in [0.1, 0.15) is 0 Å². The molecular formula is C19H20N4O3S2. The maximum Gasteiger partial charge on any atom is 0.355 e. The third-order valence-corrected chi connectivity index (χ3v) is 6.64. The Morgan fingerprint density at radius 3 is 2.86 bits per heavy atom. The largest absolute Gasteiger partial charge is 0.476 e. The summed E-state index contributed by atoms with van der Waals surface area (Å²) < 4.78 is 0.704. The Bertz CT molecular complexity index is 891. The predicted octanol–water partition coefficient (Wildman–Crippen LogP) is 2.93. The number of likely N-dealkylation sites (N-methyl/N-ethyl adjacent to an activating group) is 1. The van der Waals surface area contributed by atoms with Gasteiger partial charge in [0, 0.05) is 49.4 Å². The number of thioether (sulfide) groups is 1. The van der Waals surface area contributed by atoms with Crippen molar-refractivity contribution in [3.05, 3.63) is 40.9 Å². The third kappa shape index (κ3) is 4.82. The Morgan fingerprint density at radius 1 is 1.46 bits per heavy atom. The number of benzene rings is 1. The van der Waals surface area contributed by atoms with Crippen LogP contribution in [0.2, 0.25) is 0 Å². The summed E-state index contributed by atoms with van der Waals surface area (Å²) in [7, 11) is 1.99. The molecule has 146 valence electrons. The lowest BCUT2D eigenvalue weighted by molar-refractivity contribution is -0.128. The highest BCUT2D eigenvalue weighted by Gasteiger charge is 2.31. The van der Waals surface area contributed by atoms with Crippen LogP contribution in [0.15, 0.2) is 34.0 Å². The molecule has 7 nitrogen and oxygen atoms in total. The van der Waals surface area contributed by atoms with Crippen molar-refractivity contribution in [3.63, 3.8) is 0 Å². The van der Waals surface area contributed by atoms with Crippen molar-refractivity contribution in [1.82, 2.24) is 9.88 Å². The first-order chi connectivity index (χ1) is 13.5. The second kappa shape index (κ2) is 9.08. The molecule has 0 bridgehead atoms. The topological polar surface area (TPSA) is 97.5 Å². The predicted molar refractivity (Wildman–Crippen MR) is 109 cm³/mol. The van der Waals surface area contributed by atoms with Gasteiger partial charge < -0.3 is 14.9 Å². The summed E-state index contributed by atoms with van der Waals surface area (Å²) in [6, 6.07) is 9.66. The molecule has 1 atom stereocenters. The van der Waals surface area contributed by atoms with E-state index in [0.29, 0.717) is 28.6 Å². The molecule has 1 aliphatic rings. The number of carboxylic acid groups (broad SMARTS) is 1. The van der Waals surface area contributed by atoms with Crippen LogP contribution < -0.4 is 4.90 Å². The smallest absolute Gasteiger partial charge is 0.355 e. The number of hydrogen-bond donors (Lipinski definition) is 1. The van der Waals surface area contributed by atoms with Crippen LogP contribution >= 0.6 is 23.1 Å². The fraction of sp³-hybridized carbons (Fsp3) is 0.368. The quantitative estimate of drug-likeness (QED) is 0.661. The normalized spacial score (nSPS) is 16.2. The number of hydrogen-bond acceptors (Lipinski definition) is 7. The summed E-state index contributed by atoms with van der Waals surface area (Å²) in [5.41, 5.74) is 1.70. The Hall–Kier alpha value is -2.57. The fourth-order valence-electron chi connectivity index (χ4n) is 3.16. The van der Waals surface area contributed by atoms with Crippen LogP contribution in [0, 0.1) is 11.3 Å². The number of carbonyl (C=O) groups excluding carboxylic acids is 1. The summed E-state index contributed by atoms with van der Waals surface area (Å²) >= 11 is 2.78. The van der Waals surface area contributed by atoms with E-state index < -0.39 is 5.97 Å². The third-order valence-electron chi connectivity index (χ3n) is 4.63.